The molecule has 0 aliphatic carbocycles. The summed E-state index contributed by atoms with van der Waals surface area (Å²) in [7, 11) is 1.74. The monoisotopic (exact) mass is 200 g/mol. The van der Waals surface area contributed by atoms with Gasteiger partial charge in [0.1, 0.15) is 0 Å². The number of ether oxygens (including phenoxy) is 1. The number of nitrogens with two attached hydrogens (primary N) is 1. The van der Waals surface area contributed by atoms with Gasteiger partial charge in [-0.3, -0.25) is 0 Å². The van der Waals surface area contributed by atoms with Crippen LogP contribution in [-0.4, -0.2) is 44.3 Å². The van der Waals surface area contributed by atoms with E-state index in [2.05, 4.69) is 18.7 Å². The predicted octanol–water partition coefficient (Wildman–Crippen LogP) is 0.938. The lowest BCUT2D eigenvalue weighted by Crippen LogP contribution is -2.36. The smallest absolute Gasteiger partial charge is 0.0820 e. The van der Waals surface area contributed by atoms with E-state index in [1.807, 2.05) is 0 Å². The SMILES string of the molecule is COC(CN)CN1CCC(C(C)C)C1. The summed E-state index contributed by atoms with van der Waals surface area (Å²) in [6.07, 6.45) is 1.54. The van der Waals surface area contributed by atoms with E-state index < -0.39 is 0 Å². The molecule has 0 spiro atoms. The molecule has 0 amide bonds. The second-order valence-electron chi connectivity index (χ2n) is 4.65. The molecule has 0 bridgehead atoms. The molecule has 84 valence electrons. The van der Waals surface area contributed by atoms with Gasteiger partial charge in [0.25, 0.3) is 0 Å². The number of nitrogens with zero attached hydrogens (tertiary/aromatic N) is 1. The number of methoxy groups -OCH3 is 1. The molecule has 2 N–H and O–H groups in total. The maximum Gasteiger partial charge on any atom is 0.0820 e. The van der Waals surface area contributed by atoms with Crippen LogP contribution in [0.2, 0.25) is 0 Å². The maximum atomic E-state index is 5.60. The minimum atomic E-state index is 0.209. The number of hydrogen-bond donors (Lipinski definition) is 1. The molecular weight excluding hydrogens is 176 g/mol. The van der Waals surface area contributed by atoms with Gasteiger partial charge in [0, 0.05) is 26.7 Å². The summed E-state index contributed by atoms with van der Waals surface area (Å²) < 4.78 is 5.29. The summed E-state index contributed by atoms with van der Waals surface area (Å²) in [5, 5.41) is 0. The fourth-order valence-electron chi connectivity index (χ4n) is 2.11. The maximum absolute atomic E-state index is 5.60. The van der Waals surface area contributed by atoms with E-state index >= 15 is 0 Å². The van der Waals surface area contributed by atoms with E-state index in [9.17, 15) is 0 Å². The van der Waals surface area contributed by atoms with E-state index in [1.165, 1.54) is 19.5 Å². The molecule has 1 saturated heterocycles. The topological polar surface area (TPSA) is 38.5 Å². The van der Waals surface area contributed by atoms with Gasteiger partial charge in [0.05, 0.1) is 6.10 Å². The van der Waals surface area contributed by atoms with Gasteiger partial charge in [0.2, 0.25) is 0 Å². The fraction of sp³-hybridized carbons (Fsp3) is 1.00. The van der Waals surface area contributed by atoms with Crippen LogP contribution in [0.25, 0.3) is 0 Å². The predicted molar refractivity (Wildman–Crippen MR) is 59.2 cm³/mol. The average molecular weight is 200 g/mol. The lowest BCUT2D eigenvalue weighted by atomic mass is 9.95. The lowest BCUT2D eigenvalue weighted by molar-refractivity contribution is 0.0758. The van der Waals surface area contributed by atoms with Crippen molar-refractivity contribution in [3.05, 3.63) is 0 Å². The lowest BCUT2D eigenvalue weighted by Gasteiger charge is -2.22. The van der Waals surface area contributed by atoms with E-state index in [0.29, 0.717) is 6.54 Å². The molecule has 3 heteroatoms. The van der Waals surface area contributed by atoms with E-state index in [1.54, 1.807) is 7.11 Å². The molecule has 0 aromatic rings. The van der Waals surface area contributed by atoms with Crippen LogP contribution in [0.1, 0.15) is 20.3 Å². The standard InChI is InChI=1S/C11H24N2O/c1-9(2)10-4-5-13(7-10)8-11(6-12)14-3/h9-11H,4-8,12H2,1-3H3. The third kappa shape index (κ3) is 3.23. The van der Waals surface area contributed by atoms with E-state index in [4.69, 9.17) is 10.5 Å². The normalized spacial score (nSPS) is 25.9. The Morgan fingerprint density at radius 2 is 2.21 bits per heavy atom. The Morgan fingerprint density at radius 1 is 1.50 bits per heavy atom. The highest BCUT2D eigenvalue weighted by Gasteiger charge is 2.25. The minimum absolute atomic E-state index is 0.209. The largest absolute Gasteiger partial charge is 0.379 e. The summed E-state index contributed by atoms with van der Waals surface area (Å²) in [6.45, 7) is 8.67. The van der Waals surface area contributed by atoms with Crippen molar-refractivity contribution in [2.24, 2.45) is 17.6 Å². The Bertz CT molecular complexity index is 157. The molecule has 2 unspecified atom stereocenters. The molecule has 1 rings (SSSR count). The Balaban J connectivity index is 2.28. The van der Waals surface area contributed by atoms with Crippen LogP contribution in [0, 0.1) is 11.8 Å². The van der Waals surface area contributed by atoms with E-state index in [0.717, 1.165) is 18.4 Å². The van der Waals surface area contributed by atoms with Crippen molar-refractivity contribution in [2.75, 3.05) is 33.3 Å². The second kappa shape index (κ2) is 5.69. The summed E-state index contributed by atoms with van der Waals surface area (Å²) in [4.78, 5) is 2.48. The van der Waals surface area contributed by atoms with Crippen molar-refractivity contribution in [3.8, 4) is 0 Å². The minimum Gasteiger partial charge on any atom is -0.379 e. The van der Waals surface area contributed by atoms with Crippen LogP contribution in [0.15, 0.2) is 0 Å². The summed E-state index contributed by atoms with van der Waals surface area (Å²) in [5.74, 6) is 1.67. The van der Waals surface area contributed by atoms with Gasteiger partial charge in [-0.05, 0) is 24.8 Å². The zero-order valence-electron chi connectivity index (χ0n) is 9.70. The molecule has 1 heterocycles. The molecular formula is C11H24N2O. The quantitative estimate of drug-likeness (QED) is 0.718. The van der Waals surface area contributed by atoms with Crippen molar-refractivity contribution in [2.45, 2.75) is 26.4 Å². The molecule has 0 aromatic carbocycles. The first kappa shape index (κ1) is 12.0. The van der Waals surface area contributed by atoms with Crippen molar-refractivity contribution < 1.29 is 4.74 Å². The molecule has 1 aliphatic rings. The van der Waals surface area contributed by atoms with Gasteiger partial charge < -0.3 is 15.4 Å². The summed E-state index contributed by atoms with van der Waals surface area (Å²) in [5.41, 5.74) is 5.60. The van der Waals surface area contributed by atoms with Crippen LogP contribution < -0.4 is 5.73 Å². The highest BCUT2D eigenvalue weighted by atomic mass is 16.5. The van der Waals surface area contributed by atoms with E-state index in [-0.39, 0.29) is 6.10 Å². The van der Waals surface area contributed by atoms with Crippen LogP contribution >= 0.6 is 0 Å². The summed E-state index contributed by atoms with van der Waals surface area (Å²) in [6, 6.07) is 0. The second-order valence-corrected chi connectivity index (χ2v) is 4.65. The van der Waals surface area contributed by atoms with Gasteiger partial charge in [-0.15, -0.1) is 0 Å². The Kier molecular flexibility index (Phi) is 4.85. The zero-order chi connectivity index (χ0) is 10.6. The molecule has 14 heavy (non-hydrogen) atoms. The molecule has 1 fully saturated rings. The fourth-order valence-corrected chi connectivity index (χ4v) is 2.11. The Labute approximate surface area is 87.6 Å². The first-order valence-electron chi connectivity index (χ1n) is 5.62. The molecule has 1 aliphatic heterocycles. The van der Waals surface area contributed by atoms with Gasteiger partial charge in [-0.25, -0.2) is 0 Å². The van der Waals surface area contributed by atoms with Crippen molar-refractivity contribution in [1.29, 1.82) is 0 Å². The van der Waals surface area contributed by atoms with Gasteiger partial charge >= 0.3 is 0 Å². The highest BCUT2D eigenvalue weighted by molar-refractivity contribution is 4.79. The number of likely N-dealkylation sites (tertiary alicyclic amines) is 1. The molecule has 0 saturated carbocycles. The van der Waals surface area contributed by atoms with Gasteiger partial charge in [-0.1, -0.05) is 13.8 Å². The van der Waals surface area contributed by atoms with Crippen LogP contribution in [-0.2, 0) is 4.74 Å². The van der Waals surface area contributed by atoms with Crippen molar-refractivity contribution in [3.63, 3.8) is 0 Å². The van der Waals surface area contributed by atoms with Crippen LogP contribution in [0.3, 0.4) is 0 Å². The number of rotatable bonds is 5. The highest BCUT2D eigenvalue weighted by Crippen LogP contribution is 2.23. The molecule has 3 nitrogen and oxygen atoms in total. The third-order valence-corrected chi connectivity index (χ3v) is 3.31. The van der Waals surface area contributed by atoms with Crippen molar-refractivity contribution >= 4 is 0 Å². The molecule has 0 aromatic heterocycles. The van der Waals surface area contributed by atoms with Gasteiger partial charge in [0.15, 0.2) is 0 Å². The first-order chi connectivity index (χ1) is 6.67. The van der Waals surface area contributed by atoms with Crippen LogP contribution in [0.5, 0.6) is 0 Å². The Morgan fingerprint density at radius 3 is 2.64 bits per heavy atom. The third-order valence-electron chi connectivity index (χ3n) is 3.31. The molecule has 0 radical (unpaired) electrons. The zero-order valence-corrected chi connectivity index (χ0v) is 9.70. The Hall–Kier alpha value is -0.120. The number of hydrogen-bond acceptors (Lipinski definition) is 3. The van der Waals surface area contributed by atoms with Gasteiger partial charge in [-0.2, -0.15) is 0 Å². The summed E-state index contributed by atoms with van der Waals surface area (Å²) >= 11 is 0. The first-order valence-corrected chi connectivity index (χ1v) is 5.62. The van der Waals surface area contributed by atoms with Crippen molar-refractivity contribution in [1.82, 2.24) is 4.90 Å². The average Bonchev–Trinajstić information content (AvgIpc) is 2.62. The molecule has 2 atom stereocenters. The van der Waals surface area contributed by atoms with Crippen LogP contribution in [0.4, 0.5) is 0 Å².